The van der Waals surface area contributed by atoms with Gasteiger partial charge in [-0.25, -0.2) is 4.79 Å². The number of nitrogens with zero attached hydrogens (tertiary/aromatic N) is 1. The molecule has 2 aromatic rings. The molecule has 0 aliphatic carbocycles. The zero-order valence-electron chi connectivity index (χ0n) is 18.6. The van der Waals surface area contributed by atoms with Gasteiger partial charge in [0.25, 0.3) is 5.69 Å². The molecule has 3 heteroatoms. The van der Waals surface area contributed by atoms with Crippen molar-refractivity contribution in [3.05, 3.63) is 65.5 Å². The van der Waals surface area contributed by atoms with Gasteiger partial charge in [0.15, 0.2) is 11.4 Å². The molecule has 1 heterocycles. The number of benzene rings is 1. The van der Waals surface area contributed by atoms with Crippen molar-refractivity contribution < 1.29 is 14.1 Å². The van der Waals surface area contributed by atoms with Crippen molar-refractivity contribution in [3.63, 3.8) is 0 Å². The molecule has 0 spiro atoms. The van der Waals surface area contributed by atoms with Crippen LogP contribution < -0.4 is 9.30 Å². The minimum atomic E-state index is -0.438. The Kier molecular flexibility index (Phi) is 9.11. The van der Waals surface area contributed by atoms with Crippen LogP contribution in [0.1, 0.15) is 74.4 Å². The van der Waals surface area contributed by atoms with Crippen LogP contribution in [0.5, 0.6) is 5.75 Å². The minimum Gasteiger partial charge on any atom is -0.416 e. The molecule has 0 saturated heterocycles. The van der Waals surface area contributed by atoms with Crippen LogP contribution in [0.3, 0.4) is 0 Å². The molecule has 156 valence electrons. The molecule has 2 rings (SSSR count). The van der Waals surface area contributed by atoms with Crippen LogP contribution in [-0.2, 0) is 11.2 Å². The number of carbonyl (C=O) groups is 1. The highest BCUT2D eigenvalue weighted by molar-refractivity contribution is 5.83. The maximum absolute atomic E-state index is 11.8. The quantitative estimate of drug-likeness (QED) is 0.148. The summed E-state index contributed by atoms with van der Waals surface area (Å²) in [4.78, 5) is 11.8. The molecule has 0 radical (unpaired) electrons. The first kappa shape index (κ1) is 22.9. The third-order valence-electron chi connectivity index (χ3n) is 5.46. The molecule has 0 bridgehead atoms. The largest absolute Gasteiger partial charge is 0.416 e. The van der Waals surface area contributed by atoms with Gasteiger partial charge in [-0.3, -0.25) is 0 Å². The molecule has 0 fully saturated rings. The van der Waals surface area contributed by atoms with E-state index >= 15 is 0 Å². The van der Waals surface area contributed by atoms with E-state index in [0.29, 0.717) is 5.75 Å². The molecular formula is C26H36NO2+. The van der Waals surface area contributed by atoms with E-state index in [4.69, 9.17) is 4.74 Å². The lowest BCUT2D eigenvalue weighted by Gasteiger charge is -2.12. The van der Waals surface area contributed by atoms with Crippen molar-refractivity contribution in [2.24, 2.45) is 0 Å². The van der Waals surface area contributed by atoms with Gasteiger partial charge in [-0.2, -0.15) is 4.57 Å². The highest BCUT2D eigenvalue weighted by Crippen LogP contribution is 2.23. The van der Waals surface area contributed by atoms with Crippen LogP contribution in [0, 0.1) is 20.8 Å². The van der Waals surface area contributed by atoms with Crippen LogP contribution in [0.4, 0.5) is 0 Å². The zero-order valence-corrected chi connectivity index (χ0v) is 18.6. The molecular weight excluding hydrogens is 358 g/mol. The van der Waals surface area contributed by atoms with Crippen LogP contribution in [0.25, 0.3) is 5.69 Å². The van der Waals surface area contributed by atoms with Crippen molar-refractivity contribution in [1.29, 1.82) is 0 Å². The lowest BCUT2D eigenvalue weighted by Crippen LogP contribution is -2.39. The Bertz CT molecular complexity index is 839. The fraction of sp³-hybridized carbons (Fsp3) is 0.462. The molecule has 0 aliphatic rings. The fourth-order valence-electron chi connectivity index (χ4n) is 3.77. The number of pyridine rings is 1. The summed E-state index contributed by atoms with van der Waals surface area (Å²) in [5, 5.41) is 0. The first-order chi connectivity index (χ1) is 14.0. The lowest BCUT2D eigenvalue weighted by molar-refractivity contribution is -0.610. The lowest BCUT2D eigenvalue weighted by atomic mass is 10.0. The van der Waals surface area contributed by atoms with E-state index in [9.17, 15) is 4.79 Å². The molecule has 3 nitrogen and oxygen atoms in total. The van der Waals surface area contributed by atoms with Crippen molar-refractivity contribution in [2.45, 2.75) is 79.1 Å². The molecule has 0 saturated carbocycles. The van der Waals surface area contributed by atoms with E-state index < -0.39 is 5.97 Å². The van der Waals surface area contributed by atoms with Gasteiger partial charge in [0, 0.05) is 37.6 Å². The Balaban J connectivity index is 2.21. The topological polar surface area (TPSA) is 30.2 Å². The van der Waals surface area contributed by atoms with Gasteiger partial charge < -0.3 is 4.74 Å². The average molecular weight is 395 g/mol. The molecule has 0 atom stereocenters. The van der Waals surface area contributed by atoms with E-state index in [1.54, 1.807) is 0 Å². The van der Waals surface area contributed by atoms with E-state index in [0.717, 1.165) is 23.4 Å². The van der Waals surface area contributed by atoms with Crippen molar-refractivity contribution in [3.8, 4) is 11.4 Å². The van der Waals surface area contributed by atoms with Gasteiger partial charge in [0.2, 0.25) is 5.75 Å². The Hall–Kier alpha value is -2.42. The number of carbonyl (C=O) groups excluding carboxylic acids is 1. The van der Waals surface area contributed by atoms with Gasteiger partial charge in [0.05, 0.1) is 0 Å². The number of esters is 1. The normalized spacial score (nSPS) is 10.8. The van der Waals surface area contributed by atoms with Crippen LogP contribution in [-0.4, -0.2) is 5.97 Å². The molecule has 1 aromatic carbocycles. The second kappa shape index (κ2) is 11.5. The highest BCUT2D eigenvalue weighted by atomic mass is 16.5. The highest BCUT2D eigenvalue weighted by Gasteiger charge is 2.23. The Labute approximate surface area is 176 Å². The van der Waals surface area contributed by atoms with Gasteiger partial charge in [-0.05, 0) is 37.5 Å². The van der Waals surface area contributed by atoms with Crippen LogP contribution >= 0.6 is 0 Å². The van der Waals surface area contributed by atoms with E-state index in [-0.39, 0.29) is 0 Å². The predicted molar refractivity (Wildman–Crippen MR) is 120 cm³/mol. The van der Waals surface area contributed by atoms with Gasteiger partial charge in [0.1, 0.15) is 0 Å². The average Bonchev–Trinajstić information content (AvgIpc) is 2.70. The second-order valence-corrected chi connectivity index (χ2v) is 7.89. The Morgan fingerprint density at radius 3 is 2.38 bits per heavy atom. The number of aromatic nitrogens is 1. The van der Waals surface area contributed by atoms with Crippen molar-refractivity contribution in [2.75, 3.05) is 0 Å². The summed E-state index contributed by atoms with van der Waals surface area (Å²) in [6, 6.07) is 10.4. The molecule has 0 amide bonds. The van der Waals surface area contributed by atoms with Gasteiger partial charge in [-0.15, -0.1) is 0 Å². The molecule has 0 aliphatic heterocycles. The number of ether oxygens (including phenoxy) is 1. The maximum Gasteiger partial charge on any atom is 0.335 e. The number of unbranched alkanes of at least 4 members (excludes halogenated alkanes) is 6. The summed E-state index contributed by atoms with van der Waals surface area (Å²) in [6.07, 6.45) is 11.5. The van der Waals surface area contributed by atoms with E-state index in [1.807, 2.05) is 19.1 Å². The smallest absolute Gasteiger partial charge is 0.335 e. The number of hydrogen-bond donors (Lipinski definition) is 0. The summed E-state index contributed by atoms with van der Waals surface area (Å²) < 4.78 is 7.74. The van der Waals surface area contributed by atoms with Crippen molar-refractivity contribution >= 4 is 5.97 Å². The summed E-state index contributed by atoms with van der Waals surface area (Å²) in [7, 11) is 0. The van der Waals surface area contributed by atoms with Gasteiger partial charge in [-0.1, -0.05) is 58.1 Å². The van der Waals surface area contributed by atoms with Crippen molar-refractivity contribution in [1.82, 2.24) is 0 Å². The molecule has 0 N–H and O–H groups in total. The van der Waals surface area contributed by atoms with Crippen LogP contribution in [0.15, 0.2) is 43.0 Å². The Morgan fingerprint density at radius 2 is 1.69 bits per heavy atom. The fourth-order valence-corrected chi connectivity index (χ4v) is 3.77. The Morgan fingerprint density at radius 1 is 1.00 bits per heavy atom. The monoisotopic (exact) mass is 394 g/mol. The molecule has 1 aromatic heterocycles. The summed E-state index contributed by atoms with van der Waals surface area (Å²) >= 11 is 0. The standard InChI is InChI=1S/C26H36NO2/c1-6-8-9-10-11-12-13-14-23-17-16-21(4)27(22(23)5)24-18-15-20(3)19-25(24)29-26(28)7-2/h7,15-19H,2,6,8-14H2,1,3-5H3/q+1. The first-order valence-corrected chi connectivity index (χ1v) is 10.9. The summed E-state index contributed by atoms with van der Waals surface area (Å²) in [6.45, 7) is 12.0. The summed E-state index contributed by atoms with van der Waals surface area (Å²) in [5.74, 6) is 0.131. The molecule has 29 heavy (non-hydrogen) atoms. The second-order valence-electron chi connectivity index (χ2n) is 7.89. The number of rotatable bonds is 11. The van der Waals surface area contributed by atoms with E-state index in [2.05, 4.69) is 50.1 Å². The number of aryl methyl sites for hydroxylation is 3. The first-order valence-electron chi connectivity index (χ1n) is 10.9. The molecule has 0 unspecified atom stereocenters. The maximum atomic E-state index is 11.8. The zero-order chi connectivity index (χ0) is 21.2. The van der Waals surface area contributed by atoms with Gasteiger partial charge >= 0.3 is 5.97 Å². The predicted octanol–water partition coefficient (Wildman–Crippen LogP) is 6.27. The number of hydrogen-bond acceptors (Lipinski definition) is 2. The van der Waals surface area contributed by atoms with Crippen LogP contribution in [0.2, 0.25) is 0 Å². The summed E-state index contributed by atoms with van der Waals surface area (Å²) in [5.41, 5.74) is 5.62. The third kappa shape index (κ3) is 6.56. The SMILES string of the molecule is C=CC(=O)Oc1cc(C)ccc1-[n+]1c(C)ccc(CCCCCCCCC)c1C. The minimum absolute atomic E-state index is 0.438. The van der Waals surface area contributed by atoms with E-state index in [1.165, 1.54) is 62.3 Å². The third-order valence-corrected chi connectivity index (χ3v) is 5.46.